The monoisotopic (exact) mass is 357 g/mol. The van der Waals surface area contributed by atoms with Crippen LogP contribution in [0.25, 0.3) is 22.3 Å². The lowest BCUT2D eigenvalue weighted by molar-refractivity contribution is -0.119. The maximum absolute atomic E-state index is 12.3. The number of pyridine rings is 1. The molecule has 1 atom stereocenters. The third-order valence-corrected chi connectivity index (χ3v) is 5.05. The van der Waals surface area contributed by atoms with Gasteiger partial charge in [0.2, 0.25) is 5.91 Å². The molecule has 3 heterocycles. The van der Waals surface area contributed by atoms with E-state index in [0.717, 1.165) is 32.9 Å². The summed E-state index contributed by atoms with van der Waals surface area (Å²) >= 11 is 1.45. The zero-order valence-electron chi connectivity index (χ0n) is 15.1. The maximum Gasteiger partial charge on any atom is 0.243 e. The van der Waals surface area contributed by atoms with E-state index in [2.05, 4.69) is 26.3 Å². The van der Waals surface area contributed by atoms with E-state index in [0.29, 0.717) is 5.13 Å². The van der Waals surface area contributed by atoms with Gasteiger partial charge < -0.3 is 16.0 Å². The second-order valence-corrected chi connectivity index (χ2v) is 8.53. The topological polar surface area (TPSA) is 96.7 Å². The van der Waals surface area contributed by atoms with Crippen LogP contribution in [0.3, 0.4) is 0 Å². The summed E-state index contributed by atoms with van der Waals surface area (Å²) in [5.41, 5.74) is 9.47. The number of amides is 1. The summed E-state index contributed by atoms with van der Waals surface area (Å²) in [4.78, 5) is 25.6. The van der Waals surface area contributed by atoms with Gasteiger partial charge in [-0.2, -0.15) is 0 Å². The number of fused-ring (bicyclic) bond motifs is 1. The lowest BCUT2D eigenvalue weighted by Gasteiger charge is -2.25. The Morgan fingerprint density at radius 2 is 2.08 bits per heavy atom. The van der Waals surface area contributed by atoms with Crippen molar-refractivity contribution in [3.8, 4) is 11.3 Å². The molecule has 0 saturated heterocycles. The lowest BCUT2D eigenvalue weighted by Crippen LogP contribution is -2.45. The number of carbonyl (C=O) groups is 1. The van der Waals surface area contributed by atoms with Gasteiger partial charge in [-0.3, -0.25) is 4.79 Å². The van der Waals surface area contributed by atoms with Crippen molar-refractivity contribution >= 4 is 33.4 Å². The van der Waals surface area contributed by atoms with Crippen molar-refractivity contribution in [3.63, 3.8) is 0 Å². The Labute approximate surface area is 150 Å². The highest BCUT2D eigenvalue weighted by Crippen LogP contribution is 2.34. The molecule has 0 saturated carbocycles. The Kier molecular flexibility index (Phi) is 4.38. The number of nitrogens with two attached hydrogens (primary N) is 1. The number of H-pyrrole nitrogens is 1. The van der Waals surface area contributed by atoms with Gasteiger partial charge in [-0.25, -0.2) is 9.97 Å². The normalized spacial score (nSPS) is 13.2. The summed E-state index contributed by atoms with van der Waals surface area (Å²) in [6.07, 6.45) is 1.76. The Balaban J connectivity index is 1.94. The zero-order valence-corrected chi connectivity index (χ0v) is 15.9. The number of carbonyl (C=O) groups excluding carboxylic acids is 1. The molecule has 0 aliphatic carbocycles. The molecule has 7 heteroatoms. The van der Waals surface area contributed by atoms with E-state index in [1.807, 2.05) is 40.7 Å². The molecule has 0 aliphatic rings. The number of aromatic nitrogens is 3. The van der Waals surface area contributed by atoms with Gasteiger partial charge in [-0.05, 0) is 31.4 Å². The van der Waals surface area contributed by atoms with Gasteiger partial charge in [-0.1, -0.05) is 20.8 Å². The molecule has 4 N–H and O–H groups in total. The zero-order chi connectivity index (χ0) is 18.4. The van der Waals surface area contributed by atoms with Crippen LogP contribution in [0.5, 0.6) is 0 Å². The molecule has 0 bridgehead atoms. The van der Waals surface area contributed by atoms with Crippen LogP contribution < -0.4 is 11.1 Å². The average molecular weight is 357 g/mol. The Morgan fingerprint density at radius 1 is 1.36 bits per heavy atom. The first-order valence-corrected chi connectivity index (χ1v) is 8.97. The highest BCUT2D eigenvalue weighted by molar-refractivity contribution is 7.16. The van der Waals surface area contributed by atoms with Crippen molar-refractivity contribution < 1.29 is 4.79 Å². The molecule has 6 nitrogen and oxygen atoms in total. The number of rotatable bonds is 3. The van der Waals surface area contributed by atoms with Crippen molar-refractivity contribution in [1.82, 2.24) is 15.0 Å². The van der Waals surface area contributed by atoms with Gasteiger partial charge in [0, 0.05) is 27.7 Å². The van der Waals surface area contributed by atoms with Crippen molar-refractivity contribution in [2.45, 2.75) is 40.7 Å². The Hall–Kier alpha value is -2.25. The van der Waals surface area contributed by atoms with Gasteiger partial charge >= 0.3 is 0 Å². The van der Waals surface area contributed by atoms with Crippen LogP contribution in [0.15, 0.2) is 18.3 Å². The summed E-state index contributed by atoms with van der Waals surface area (Å²) in [5.74, 6) is -0.217. The standard InChI is InChI=1S/C18H23N5OS/c1-9-8-12-11(6-7-20-15(12)21-9)13-10(2)25-17(22-13)23-16(24)14(19)18(3,4)5/h6-8,14H,19H2,1-5H3,(H,20,21)(H,22,23,24)/t14-/m0/s1. The summed E-state index contributed by atoms with van der Waals surface area (Å²) < 4.78 is 0. The number of hydrogen-bond donors (Lipinski definition) is 3. The predicted octanol–water partition coefficient (Wildman–Crippen LogP) is 3.62. The minimum absolute atomic E-state index is 0.217. The first kappa shape index (κ1) is 17.6. The number of nitrogens with zero attached hydrogens (tertiary/aromatic N) is 2. The minimum atomic E-state index is -0.597. The van der Waals surface area contributed by atoms with Gasteiger partial charge in [0.25, 0.3) is 0 Å². The molecule has 3 rings (SSSR count). The number of thiazole rings is 1. The van der Waals surface area contributed by atoms with Gasteiger partial charge in [-0.15, -0.1) is 11.3 Å². The molecule has 0 radical (unpaired) electrons. The van der Waals surface area contributed by atoms with Crippen LogP contribution in [0.2, 0.25) is 0 Å². The molecular weight excluding hydrogens is 334 g/mol. The largest absolute Gasteiger partial charge is 0.344 e. The van der Waals surface area contributed by atoms with Gasteiger partial charge in [0.05, 0.1) is 11.7 Å². The van der Waals surface area contributed by atoms with E-state index in [-0.39, 0.29) is 11.3 Å². The van der Waals surface area contributed by atoms with Crippen LogP contribution in [-0.2, 0) is 4.79 Å². The Bertz CT molecular complexity index is 935. The lowest BCUT2D eigenvalue weighted by atomic mass is 9.87. The molecule has 25 heavy (non-hydrogen) atoms. The quantitative estimate of drug-likeness (QED) is 0.667. The van der Waals surface area contributed by atoms with Gasteiger partial charge in [0.15, 0.2) is 5.13 Å². The summed E-state index contributed by atoms with van der Waals surface area (Å²) in [6.45, 7) is 9.82. The molecule has 3 aromatic rings. The van der Waals surface area contributed by atoms with Crippen molar-refractivity contribution in [2.75, 3.05) is 5.32 Å². The molecule has 0 unspecified atom stereocenters. The molecular formula is C18H23N5OS. The highest BCUT2D eigenvalue weighted by Gasteiger charge is 2.28. The van der Waals surface area contributed by atoms with Crippen molar-refractivity contribution in [2.24, 2.45) is 11.1 Å². The van der Waals surface area contributed by atoms with E-state index in [9.17, 15) is 4.79 Å². The molecule has 0 aromatic carbocycles. The maximum atomic E-state index is 12.3. The fraction of sp³-hybridized carbons (Fsp3) is 0.389. The first-order valence-electron chi connectivity index (χ1n) is 8.15. The van der Waals surface area contributed by atoms with Crippen molar-refractivity contribution in [1.29, 1.82) is 0 Å². The SMILES string of the molecule is Cc1cc2c(-c3nc(NC(=O)[C@H](N)C(C)(C)C)sc3C)ccnc2[nH]1. The second kappa shape index (κ2) is 6.24. The van der Waals surface area contributed by atoms with Crippen LogP contribution >= 0.6 is 11.3 Å². The number of aryl methyl sites for hydroxylation is 2. The third-order valence-electron chi connectivity index (χ3n) is 4.16. The van der Waals surface area contributed by atoms with E-state index in [1.54, 1.807) is 6.20 Å². The second-order valence-electron chi connectivity index (χ2n) is 7.33. The van der Waals surface area contributed by atoms with Gasteiger partial charge in [0.1, 0.15) is 5.65 Å². The smallest absolute Gasteiger partial charge is 0.243 e. The predicted molar refractivity (Wildman–Crippen MR) is 103 cm³/mol. The molecule has 0 spiro atoms. The van der Waals surface area contributed by atoms with Crippen LogP contribution in [0.1, 0.15) is 31.3 Å². The third kappa shape index (κ3) is 3.43. The average Bonchev–Trinajstić information content (AvgIpc) is 3.06. The van der Waals surface area contributed by atoms with Crippen molar-refractivity contribution in [3.05, 3.63) is 28.9 Å². The van der Waals surface area contributed by atoms with E-state index in [4.69, 9.17) is 5.73 Å². The molecule has 132 valence electrons. The molecule has 3 aromatic heterocycles. The fourth-order valence-corrected chi connectivity index (χ4v) is 3.47. The Morgan fingerprint density at radius 3 is 2.76 bits per heavy atom. The summed E-state index contributed by atoms with van der Waals surface area (Å²) in [7, 11) is 0. The number of hydrogen-bond acceptors (Lipinski definition) is 5. The van der Waals surface area contributed by atoms with E-state index >= 15 is 0 Å². The first-order chi connectivity index (χ1) is 11.7. The van der Waals surface area contributed by atoms with E-state index < -0.39 is 6.04 Å². The number of aromatic amines is 1. The minimum Gasteiger partial charge on any atom is -0.344 e. The molecule has 0 fully saturated rings. The van der Waals surface area contributed by atoms with Crippen LogP contribution in [-0.4, -0.2) is 26.9 Å². The number of anilines is 1. The fourth-order valence-electron chi connectivity index (χ4n) is 2.64. The molecule has 0 aliphatic heterocycles. The summed E-state index contributed by atoms with van der Waals surface area (Å²) in [6, 6.07) is 3.41. The summed E-state index contributed by atoms with van der Waals surface area (Å²) in [5, 5.41) is 4.44. The number of nitrogens with one attached hydrogen (secondary N) is 2. The molecule has 1 amide bonds. The van der Waals surface area contributed by atoms with Crippen LogP contribution in [0.4, 0.5) is 5.13 Å². The van der Waals surface area contributed by atoms with Crippen LogP contribution in [0, 0.1) is 19.3 Å². The highest BCUT2D eigenvalue weighted by atomic mass is 32.1. The van der Waals surface area contributed by atoms with E-state index in [1.165, 1.54) is 11.3 Å².